The van der Waals surface area contributed by atoms with Crippen LogP contribution >= 0.6 is 31.9 Å². The van der Waals surface area contributed by atoms with E-state index < -0.39 is 0 Å². The third-order valence-electron chi connectivity index (χ3n) is 3.38. The van der Waals surface area contributed by atoms with E-state index in [0.717, 1.165) is 26.7 Å². The summed E-state index contributed by atoms with van der Waals surface area (Å²) in [6, 6.07) is 14.1. The minimum atomic E-state index is -0.175. The second-order valence-electron chi connectivity index (χ2n) is 5.10. The second kappa shape index (κ2) is 7.43. The number of halogens is 2. The molecule has 2 unspecified atom stereocenters. The number of nitrogens with two attached hydrogens (primary N) is 1. The van der Waals surface area contributed by atoms with Crippen LogP contribution in [0.2, 0.25) is 0 Å². The molecular formula is C17H19Br2NO. The molecule has 2 nitrogen and oxygen atoms in total. The van der Waals surface area contributed by atoms with E-state index in [1.807, 2.05) is 36.4 Å². The van der Waals surface area contributed by atoms with Gasteiger partial charge in [0.25, 0.3) is 0 Å². The molecule has 0 spiro atoms. The molecule has 0 aliphatic rings. The maximum atomic E-state index is 6.27. The highest BCUT2D eigenvalue weighted by Crippen LogP contribution is 2.32. The molecule has 112 valence electrons. The molecule has 0 saturated heterocycles. The van der Waals surface area contributed by atoms with Crippen LogP contribution in [0.1, 0.15) is 30.6 Å². The first-order valence-electron chi connectivity index (χ1n) is 6.95. The predicted molar refractivity (Wildman–Crippen MR) is 94.7 cm³/mol. The van der Waals surface area contributed by atoms with Crippen LogP contribution in [0.4, 0.5) is 0 Å². The average Bonchev–Trinajstić information content (AvgIpc) is 2.45. The van der Waals surface area contributed by atoms with E-state index in [1.165, 1.54) is 5.56 Å². The van der Waals surface area contributed by atoms with Crippen LogP contribution < -0.4 is 10.5 Å². The SMILES string of the molecule is CCC(N)C(Oc1ccc(C)cc1Br)c1cccc(Br)c1. The van der Waals surface area contributed by atoms with Crippen molar-refractivity contribution in [3.63, 3.8) is 0 Å². The molecular weight excluding hydrogens is 394 g/mol. The Balaban J connectivity index is 2.33. The van der Waals surface area contributed by atoms with Crippen LogP contribution in [0.15, 0.2) is 51.4 Å². The average molecular weight is 413 g/mol. The summed E-state index contributed by atoms with van der Waals surface area (Å²) in [5.41, 5.74) is 8.53. The summed E-state index contributed by atoms with van der Waals surface area (Å²) in [6.45, 7) is 4.13. The third kappa shape index (κ3) is 4.31. The summed E-state index contributed by atoms with van der Waals surface area (Å²) >= 11 is 7.06. The maximum absolute atomic E-state index is 6.27. The molecule has 0 aliphatic heterocycles. The highest BCUT2D eigenvalue weighted by atomic mass is 79.9. The minimum Gasteiger partial charge on any atom is -0.483 e. The molecule has 0 amide bonds. The molecule has 0 radical (unpaired) electrons. The van der Waals surface area contributed by atoms with E-state index in [0.29, 0.717) is 0 Å². The normalized spacial score (nSPS) is 13.8. The summed E-state index contributed by atoms with van der Waals surface area (Å²) in [4.78, 5) is 0. The van der Waals surface area contributed by atoms with E-state index in [2.05, 4.69) is 51.8 Å². The van der Waals surface area contributed by atoms with Gasteiger partial charge in [-0.1, -0.05) is 41.1 Å². The molecule has 0 saturated carbocycles. The Morgan fingerprint density at radius 2 is 1.90 bits per heavy atom. The molecule has 2 atom stereocenters. The van der Waals surface area contributed by atoms with E-state index in [4.69, 9.17) is 10.5 Å². The van der Waals surface area contributed by atoms with E-state index in [9.17, 15) is 0 Å². The fraction of sp³-hybridized carbons (Fsp3) is 0.294. The smallest absolute Gasteiger partial charge is 0.139 e. The number of aryl methyl sites for hydroxylation is 1. The van der Waals surface area contributed by atoms with E-state index in [-0.39, 0.29) is 12.1 Å². The van der Waals surface area contributed by atoms with Gasteiger partial charge in [-0.05, 0) is 64.7 Å². The zero-order chi connectivity index (χ0) is 15.4. The molecule has 2 aromatic carbocycles. The third-order valence-corrected chi connectivity index (χ3v) is 4.49. The standard InChI is InChI=1S/C17H19Br2NO/c1-3-15(20)17(12-5-4-6-13(18)10-12)21-16-8-7-11(2)9-14(16)19/h4-10,15,17H,3,20H2,1-2H3. The zero-order valence-electron chi connectivity index (χ0n) is 12.1. The van der Waals surface area contributed by atoms with Gasteiger partial charge in [-0.25, -0.2) is 0 Å². The van der Waals surface area contributed by atoms with Gasteiger partial charge in [-0.2, -0.15) is 0 Å². The van der Waals surface area contributed by atoms with Gasteiger partial charge in [0.2, 0.25) is 0 Å². The summed E-state index contributed by atoms with van der Waals surface area (Å²) in [5, 5.41) is 0. The monoisotopic (exact) mass is 411 g/mol. The first-order chi connectivity index (χ1) is 10.0. The van der Waals surface area contributed by atoms with Gasteiger partial charge in [0, 0.05) is 10.5 Å². The molecule has 0 aromatic heterocycles. The Kier molecular flexibility index (Phi) is 5.85. The summed E-state index contributed by atoms with van der Waals surface area (Å²) < 4.78 is 8.18. The van der Waals surface area contributed by atoms with Gasteiger partial charge in [-0.15, -0.1) is 0 Å². The van der Waals surface area contributed by atoms with Gasteiger partial charge in [0.1, 0.15) is 11.9 Å². The molecule has 2 rings (SSSR count). The van der Waals surface area contributed by atoms with Crippen molar-refractivity contribution >= 4 is 31.9 Å². The fourth-order valence-electron chi connectivity index (χ4n) is 2.14. The Morgan fingerprint density at radius 1 is 1.14 bits per heavy atom. The molecule has 21 heavy (non-hydrogen) atoms. The Labute approximate surface area is 143 Å². The van der Waals surface area contributed by atoms with Gasteiger partial charge in [0.15, 0.2) is 0 Å². The summed E-state index contributed by atoms with van der Waals surface area (Å²) in [6.07, 6.45) is 0.673. The predicted octanol–water partition coefficient (Wildman–Crippen LogP) is 5.38. The first-order valence-corrected chi connectivity index (χ1v) is 8.53. The van der Waals surface area contributed by atoms with Crippen LogP contribution in [-0.4, -0.2) is 6.04 Å². The van der Waals surface area contributed by atoms with E-state index in [1.54, 1.807) is 0 Å². The lowest BCUT2D eigenvalue weighted by atomic mass is 10.0. The molecule has 0 bridgehead atoms. The largest absolute Gasteiger partial charge is 0.483 e. The summed E-state index contributed by atoms with van der Waals surface area (Å²) in [5.74, 6) is 0.814. The minimum absolute atomic E-state index is 0.0625. The van der Waals surface area contributed by atoms with Gasteiger partial charge in [-0.3, -0.25) is 0 Å². The van der Waals surface area contributed by atoms with Crippen molar-refractivity contribution in [2.75, 3.05) is 0 Å². The molecule has 0 heterocycles. The molecule has 0 fully saturated rings. The van der Waals surface area contributed by atoms with Crippen molar-refractivity contribution in [2.24, 2.45) is 5.73 Å². The Bertz CT molecular complexity index is 615. The molecule has 2 N–H and O–H groups in total. The Hall–Kier alpha value is -0.840. The quantitative estimate of drug-likeness (QED) is 0.715. The number of rotatable bonds is 5. The van der Waals surface area contributed by atoms with Gasteiger partial charge in [0.05, 0.1) is 4.47 Å². The van der Waals surface area contributed by atoms with Gasteiger partial charge < -0.3 is 10.5 Å². The van der Waals surface area contributed by atoms with E-state index >= 15 is 0 Å². The lowest BCUT2D eigenvalue weighted by Crippen LogP contribution is -2.31. The van der Waals surface area contributed by atoms with Crippen molar-refractivity contribution in [1.29, 1.82) is 0 Å². The van der Waals surface area contributed by atoms with Crippen molar-refractivity contribution in [2.45, 2.75) is 32.4 Å². The van der Waals surface area contributed by atoms with Crippen LogP contribution in [0.3, 0.4) is 0 Å². The topological polar surface area (TPSA) is 35.2 Å². The van der Waals surface area contributed by atoms with Crippen LogP contribution in [0.5, 0.6) is 5.75 Å². The maximum Gasteiger partial charge on any atom is 0.139 e. The number of benzene rings is 2. The van der Waals surface area contributed by atoms with Crippen LogP contribution in [-0.2, 0) is 0 Å². The molecule has 4 heteroatoms. The number of hydrogen-bond acceptors (Lipinski definition) is 2. The first kappa shape index (κ1) is 16.5. The van der Waals surface area contributed by atoms with Crippen molar-refractivity contribution < 1.29 is 4.74 Å². The fourth-order valence-corrected chi connectivity index (χ4v) is 3.14. The van der Waals surface area contributed by atoms with Crippen LogP contribution in [0, 0.1) is 6.92 Å². The van der Waals surface area contributed by atoms with Crippen molar-refractivity contribution in [3.8, 4) is 5.75 Å². The number of hydrogen-bond donors (Lipinski definition) is 1. The van der Waals surface area contributed by atoms with Crippen molar-refractivity contribution in [3.05, 3.63) is 62.5 Å². The molecule has 0 aliphatic carbocycles. The zero-order valence-corrected chi connectivity index (χ0v) is 15.3. The lowest BCUT2D eigenvalue weighted by Gasteiger charge is -2.25. The summed E-state index contributed by atoms with van der Waals surface area (Å²) in [7, 11) is 0. The second-order valence-corrected chi connectivity index (χ2v) is 6.87. The highest BCUT2D eigenvalue weighted by Gasteiger charge is 2.21. The molecule has 2 aromatic rings. The Morgan fingerprint density at radius 3 is 2.52 bits per heavy atom. The highest BCUT2D eigenvalue weighted by molar-refractivity contribution is 9.10. The lowest BCUT2D eigenvalue weighted by molar-refractivity contribution is 0.170. The number of ether oxygens (including phenoxy) is 1. The van der Waals surface area contributed by atoms with Gasteiger partial charge >= 0.3 is 0 Å². The van der Waals surface area contributed by atoms with Crippen LogP contribution in [0.25, 0.3) is 0 Å². The van der Waals surface area contributed by atoms with Crippen molar-refractivity contribution in [1.82, 2.24) is 0 Å².